The zero-order valence-electron chi connectivity index (χ0n) is 8.04. The standard InChI is InChI=1S/C12H6BrClO2/c13-10-6-5-9(11(15)12(14)16)7-3-1-2-4-8(7)10/h1-6H. The minimum Gasteiger partial charge on any atom is -0.284 e. The molecular formula is C12H6BrClO2. The van der Waals surface area contributed by atoms with E-state index in [1.54, 1.807) is 18.2 Å². The van der Waals surface area contributed by atoms with Crippen LogP contribution in [-0.4, -0.2) is 11.0 Å². The van der Waals surface area contributed by atoms with E-state index >= 15 is 0 Å². The monoisotopic (exact) mass is 296 g/mol. The second-order valence-electron chi connectivity index (χ2n) is 3.24. The summed E-state index contributed by atoms with van der Waals surface area (Å²) < 4.78 is 0.877. The lowest BCUT2D eigenvalue weighted by atomic mass is 10.0. The fourth-order valence-corrected chi connectivity index (χ4v) is 2.15. The number of rotatable bonds is 2. The summed E-state index contributed by atoms with van der Waals surface area (Å²) >= 11 is 8.59. The van der Waals surface area contributed by atoms with E-state index in [0.717, 1.165) is 15.2 Å². The maximum atomic E-state index is 11.6. The lowest BCUT2D eigenvalue weighted by Crippen LogP contribution is -2.07. The minimum absolute atomic E-state index is 0.332. The van der Waals surface area contributed by atoms with E-state index in [1.165, 1.54) is 0 Å². The summed E-state index contributed by atoms with van der Waals surface area (Å²) in [6, 6.07) is 10.7. The molecule has 2 aromatic rings. The highest BCUT2D eigenvalue weighted by molar-refractivity contribution is 9.10. The summed E-state index contributed by atoms with van der Waals surface area (Å²) in [5.74, 6) is -0.676. The van der Waals surface area contributed by atoms with Gasteiger partial charge in [0.1, 0.15) is 0 Å². The molecule has 0 aromatic heterocycles. The number of hydrogen-bond acceptors (Lipinski definition) is 2. The van der Waals surface area contributed by atoms with Gasteiger partial charge in [0.15, 0.2) is 0 Å². The van der Waals surface area contributed by atoms with E-state index in [2.05, 4.69) is 15.9 Å². The predicted molar refractivity (Wildman–Crippen MR) is 66.8 cm³/mol. The Balaban J connectivity index is 2.77. The van der Waals surface area contributed by atoms with Crippen LogP contribution in [0.1, 0.15) is 10.4 Å². The average Bonchev–Trinajstić information content (AvgIpc) is 2.29. The van der Waals surface area contributed by atoms with Gasteiger partial charge in [-0.25, -0.2) is 0 Å². The van der Waals surface area contributed by atoms with Gasteiger partial charge in [-0.1, -0.05) is 40.2 Å². The first kappa shape index (κ1) is 11.3. The Labute approximate surface area is 105 Å². The van der Waals surface area contributed by atoms with Crippen LogP contribution in [0, 0.1) is 0 Å². The van der Waals surface area contributed by atoms with Gasteiger partial charge in [-0.2, -0.15) is 0 Å². The largest absolute Gasteiger partial charge is 0.293 e. The van der Waals surface area contributed by atoms with Crippen molar-refractivity contribution in [1.82, 2.24) is 0 Å². The van der Waals surface area contributed by atoms with E-state index < -0.39 is 11.0 Å². The summed E-state index contributed by atoms with van der Waals surface area (Å²) in [6.45, 7) is 0. The summed E-state index contributed by atoms with van der Waals surface area (Å²) in [7, 11) is 0. The molecule has 2 nitrogen and oxygen atoms in total. The van der Waals surface area contributed by atoms with Crippen LogP contribution < -0.4 is 0 Å². The summed E-state index contributed by atoms with van der Waals surface area (Å²) in [5, 5.41) is 0.634. The third-order valence-electron chi connectivity index (χ3n) is 2.29. The van der Waals surface area contributed by atoms with Crippen molar-refractivity contribution in [3.63, 3.8) is 0 Å². The Bertz CT molecular complexity index is 593. The molecule has 2 rings (SSSR count). The van der Waals surface area contributed by atoms with E-state index in [0.29, 0.717) is 5.56 Å². The van der Waals surface area contributed by atoms with Crippen molar-refractivity contribution in [3.8, 4) is 0 Å². The molecule has 0 unspecified atom stereocenters. The van der Waals surface area contributed by atoms with Gasteiger partial charge in [0, 0.05) is 10.0 Å². The highest BCUT2D eigenvalue weighted by Crippen LogP contribution is 2.27. The van der Waals surface area contributed by atoms with E-state index in [1.807, 2.05) is 18.2 Å². The van der Waals surface area contributed by atoms with Crippen LogP contribution in [0.25, 0.3) is 10.8 Å². The lowest BCUT2D eigenvalue weighted by Gasteiger charge is -2.04. The van der Waals surface area contributed by atoms with Crippen molar-refractivity contribution in [2.45, 2.75) is 0 Å². The first-order valence-electron chi connectivity index (χ1n) is 4.52. The number of halogens is 2. The first-order chi connectivity index (χ1) is 7.61. The number of carbonyl (C=O) groups is 2. The van der Waals surface area contributed by atoms with Gasteiger partial charge in [-0.15, -0.1) is 0 Å². The first-order valence-corrected chi connectivity index (χ1v) is 5.70. The molecule has 0 saturated heterocycles. The molecule has 0 aliphatic carbocycles. The Hall–Kier alpha value is -1.19. The van der Waals surface area contributed by atoms with Gasteiger partial charge in [-0.05, 0) is 34.5 Å². The Morgan fingerprint density at radius 3 is 2.25 bits per heavy atom. The molecule has 4 heteroatoms. The molecule has 0 fully saturated rings. The maximum Gasteiger partial charge on any atom is 0.293 e. The zero-order chi connectivity index (χ0) is 11.7. The molecule has 0 aliphatic heterocycles. The second kappa shape index (κ2) is 4.36. The third kappa shape index (κ3) is 1.88. The van der Waals surface area contributed by atoms with Crippen molar-refractivity contribution in [2.24, 2.45) is 0 Å². The molecule has 0 spiro atoms. The molecule has 0 N–H and O–H groups in total. The number of benzene rings is 2. The molecule has 0 saturated carbocycles. The van der Waals surface area contributed by atoms with Gasteiger partial charge in [-0.3, -0.25) is 9.59 Å². The highest BCUT2D eigenvalue weighted by atomic mass is 79.9. The lowest BCUT2D eigenvalue weighted by molar-refractivity contribution is -0.108. The Morgan fingerprint density at radius 2 is 1.62 bits per heavy atom. The highest BCUT2D eigenvalue weighted by Gasteiger charge is 2.16. The SMILES string of the molecule is O=C(Cl)C(=O)c1ccc(Br)c2ccccc12. The number of hydrogen-bond donors (Lipinski definition) is 0. The molecule has 80 valence electrons. The molecule has 0 heterocycles. The summed E-state index contributed by atoms with van der Waals surface area (Å²) in [6.07, 6.45) is 0. The average molecular weight is 298 g/mol. The molecule has 2 aromatic carbocycles. The normalized spacial score (nSPS) is 10.4. The van der Waals surface area contributed by atoms with Crippen LogP contribution >= 0.6 is 27.5 Å². The Kier molecular flexibility index (Phi) is 3.08. The predicted octanol–water partition coefficient (Wildman–Crippen LogP) is 3.55. The number of carbonyl (C=O) groups excluding carboxylic acids is 2. The second-order valence-corrected chi connectivity index (χ2v) is 4.44. The molecule has 16 heavy (non-hydrogen) atoms. The van der Waals surface area contributed by atoms with Crippen molar-refractivity contribution in [3.05, 3.63) is 46.4 Å². The Morgan fingerprint density at radius 1 is 1.00 bits per heavy atom. The molecule has 0 aliphatic rings. The third-order valence-corrected chi connectivity index (χ3v) is 3.16. The summed E-state index contributed by atoms with van der Waals surface area (Å²) in [5.41, 5.74) is 0.332. The van der Waals surface area contributed by atoms with Crippen molar-refractivity contribution in [1.29, 1.82) is 0 Å². The molecule has 0 radical (unpaired) electrons. The van der Waals surface area contributed by atoms with Crippen molar-refractivity contribution >= 4 is 49.3 Å². The number of ketones is 1. The fraction of sp³-hybridized carbons (Fsp3) is 0. The quantitative estimate of drug-likeness (QED) is 0.482. The van der Waals surface area contributed by atoms with Crippen LogP contribution in [0.15, 0.2) is 40.9 Å². The van der Waals surface area contributed by atoms with Gasteiger partial charge in [0.2, 0.25) is 5.78 Å². The van der Waals surface area contributed by atoms with Crippen LogP contribution in [0.3, 0.4) is 0 Å². The van der Waals surface area contributed by atoms with E-state index in [9.17, 15) is 9.59 Å². The molecule has 0 atom stereocenters. The van der Waals surface area contributed by atoms with Crippen molar-refractivity contribution in [2.75, 3.05) is 0 Å². The van der Waals surface area contributed by atoms with Crippen LogP contribution in [0.5, 0.6) is 0 Å². The van der Waals surface area contributed by atoms with Gasteiger partial charge >= 0.3 is 0 Å². The molecular weight excluding hydrogens is 291 g/mol. The molecule has 0 amide bonds. The van der Waals surface area contributed by atoms with Crippen LogP contribution in [0.2, 0.25) is 0 Å². The van der Waals surface area contributed by atoms with Gasteiger partial charge < -0.3 is 0 Å². The maximum absolute atomic E-state index is 11.6. The minimum atomic E-state index is -0.965. The summed E-state index contributed by atoms with van der Waals surface area (Å²) in [4.78, 5) is 22.4. The zero-order valence-corrected chi connectivity index (χ0v) is 10.4. The van der Waals surface area contributed by atoms with E-state index in [-0.39, 0.29) is 0 Å². The molecule has 0 bridgehead atoms. The smallest absolute Gasteiger partial charge is 0.284 e. The van der Waals surface area contributed by atoms with Crippen molar-refractivity contribution < 1.29 is 9.59 Å². The van der Waals surface area contributed by atoms with Gasteiger partial charge in [0.25, 0.3) is 5.24 Å². The van der Waals surface area contributed by atoms with Gasteiger partial charge in [0.05, 0.1) is 0 Å². The van der Waals surface area contributed by atoms with Crippen LogP contribution in [0.4, 0.5) is 0 Å². The fourth-order valence-electron chi connectivity index (χ4n) is 1.57. The van der Waals surface area contributed by atoms with E-state index in [4.69, 9.17) is 11.6 Å². The number of Topliss-reactive ketones (excluding diaryl/α,β-unsaturated/α-hetero) is 1. The number of fused-ring (bicyclic) bond motifs is 1. The van der Waals surface area contributed by atoms with Crippen LogP contribution in [-0.2, 0) is 4.79 Å². The topological polar surface area (TPSA) is 34.1 Å².